The maximum atomic E-state index is 12.8. The third-order valence-corrected chi connectivity index (χ3v) is 5.37. The van der Waals surface area contributed by atoms with E-state index in [9.17, 15) is 14.4 Å². The number of methoxy groups -OCH3 is 2. The molecule has 3 rings (SSSR count). The van der Waals surface area contributed by atoms with Crippen LogP contribution in [0.1, 0.15) is 30.0 Å². The number of aromatic nitrogens is 2. The van der Waals surface area contributed by atoms with Crippen molar-refractivity contribution < 1.29 is 23.9 Å². The van der Waals surface area contributed by atoms with Gasteiger partial charge in [-0.25, -0.2) is 4.98 Å². The van der Waals surface area contributed by atoms with Gasteiger partial charge in [-0.2, -0.15) is 0 Å². The zero-order valence-corrected chi connectivity index (χ0v) is 19.8. The molecule has 180 valence electrons. The number of rotatable bonds is 8. The number of hydrogen-bond acceptors (Lipinski definition) is 6. The van der Waals surface area contributed by atoms with Crippen LogP contribution in [0.2, 0.25) is 0 Å². The first-order chi connectivity index (χ1) is 16.2. The molecular formula is C24H29N5O5. The predicted octanol–water partition coefficient (Wildman–Crippen LogP) is 1.73. The fourth-order valence-electron chi connectivity index (χ4n) is 3.45. The quantitative estimate of drug-likeness (QED) is 0.434. The molecule has 10 heteroatoms. The number of fused-ring (bicyclic) bond motifs is 1. The summed E-state index contributed by atoms with van der Waals surface area (Å²) in [5.74, 6) is -0.234. The summed E-state index contributed by atoms with van der Waals surface area (Å²) < 4.78 is 12.2. The Labute approximate surface area is 197 Å². The van der Waals surface area contributed by atoms with Crippen molar-refractivity contribution in [2.24, 2.45) is 13.0 Å². The first-order valence-electron chi connectivity index (χ1n) is 10.8. The van der Waals surface area contributed by atoms with Crippen LogP contribution in [-0.2, 0) is 23.1 Å². The van der Waals surface area contributed by atoms with Crippen LogP contribution in [0.5, 0.6) is 11.5 Å². The number of benzene rings is 2. The number of hydrogen-bond donors (Lipinski definition) is 3. The van der Waals surface area contributed by atoms with Crippen molar-refractivity contribution in [3.8, 4) is 11.5 Å². The molecule has 0 spiro atoms. The van der Waals surface area contributed by atoms with Crippen molar-refractivity contribution in [1.29, 1.82) is 0 Å². The molecule has 1 heterocycles. The van der Waals surface area contributed by atoms with Crippen LogP contribution in [0.15, 0.2) is 42.5 Å². The monoisotopic (exact) mass is 467 g/mol. The second-order valence-corrected chi connectivity index (χ2v) is 8.09. The van der Waals surface area contributed by atoms with E-state index in [2.05, 4.69) is 21.2 Å². The minimum Gasteiger partial charge on any atom is -0.497 e. The largest absolute Gasteiger partial charge is 0.497 e. The zero-order valence-electron chi connectivity index (χ0n) is 19.8. The highest BCUT2D eigenvalue weighted by Gasteiger charge is 2.26. The Morgan fingerprint density at radius 3 is 2.24 bits per heavy atom. The number of imidazole rings is 1. The van der Waals surface area contributed by atoms with Crippen LogP contribution < -0.4 is 25.6 Å². The molecule has 0 saturated heterocycles. The van der Waals surface area contributed by atoms with Gasteiger partial charge in [0.05, 0.1) is 31.7 Å². The summed E-state index contributed by atoms with van der Waals surface area (Å²) in [5, 5.41) is 2.71. The molecule has 0 radical (unpaired) electrons. The average molecular weight is 468 g/mol. The van der Waals surface area contributed by atoms with Gasteiger partial charge in [-0.15, -0.1) is 0 Å². The molecule has 3 amide bonds. The number of amides is 3. The number of para-hydroxylation sites is 2. The minimum atomic E-state index is -0.888. The Bertz CT molecular complexity index is 1180. The maximum absolute atomic E-state index is 12.8. The number of hydrazine groups is 1. The summed E-state index contributed by atoms with van der Waals surface area (Å²) in [6.07, 6.45) is -0.0201. The van der Waals surface area contributed by atoms with Crippen LogP contribution in [0.25, 0.3) is 11.0 Å². The molecule has 10 nitrogen and oxygen atoms in total. The summed E-state index contributed by atoms with van der Waals surface area (Å²) in [6.45, 7) is 3.58. The molecule has 0 fully saturated rings. The third kappa shape index (κ3) is 5.64. The van der Waals surface area contributed by atoms with Gasteiger partial charge in [0.2, 0.25) is 5.91 Å². The molecule has 3 aromatic rings. The van der Waals surface area contributed by atoms with E-state index >= 15 is 0 Å². The first-order valence-corrected chi connectivity index (χ1v) is 10.8. The van der Waals surface area contributed by atoms with Crippen molar-refractivity contribution in [3.63, 3.8) is 0 Å². The van der Waals surface area contributed by atoms with Gasteiger partial charge in [0.1, 0.15) is 23.4 Å². The highest BCUT2D eigenvalue weighted by Crippen LogP contribution is 2.22. The third-order valence-electron chi connectivity index (χ3n) is 5.37. The van der Waals surface area contributed by atoms with Crippen LogP contribution in [0, 0.1) is 5.92 Å². The zero-order chi connectivity index (χ0) is 24.8. The number of carbonyl (C=O) groups excluding carboxylic acids is 3. The van der Waals surface area contributed by atoms with Gasteiger partial charge in [0.15, 0.2) is 0 Å². The van der Waals surface area contributed by atoms with Crippen molar-refractivity contribution in [3.05, 3.63) is 53.9 Å². The molecule has 0 aliphatic heterocycles. The van der Waals surface area contributed by atoms with E-state index in [4.69, 9.17) is 9.47 Å². The van der Waals surface area contributed by atoms with Crippen molar-refractivity contribution >= 4 is 28.8 Å². The lowest BCUT2D eigenvalue weighted by molar-refractivity contribution is -0.130. The minimum absolute atomic E-state index is 0.0201. The van der Waals surface area contributed by atoms with Gasteiger partial charge >= 0.3 is 0 Å². The summed E-state index contributed by atoms with van der Waals surface area (Å²) in [6, 6.07) is 11.4. The van der Waals surface area contributed by atoms with E-state index in [0.717, 1.165) is 11.0 Å². The summed E-state index contributed by atoms with van der Waals surface area (Å²) in [7, 11) is 4.79. The second-order valence-electron chi connectivity index (χ2n) is 8.09. The number of nitrogens with zero attached hydrogens (tertiary/aromatic N) is 2. The number of nitrogens with one attached hydrogen (secondary N) is 3. The second kappa shape index (κ2) is 10.7. The Morgan fingerprint density at radius 2 is 1.65 bits per heavy atom. The van der Waals surface area contributed by atoms with Crippen LogP contribution in [-0.4, -0.2) is 47.5 Å². The van der Waals surface area contributed by atoms with E-state index in [-0.39, 0.29) is 17.9 Å². The number of carbonyl (C=O) groups is 3. The summed E-state index contributed by atoms with van der Waals surface area (Å²) in [5.41, 5.74) is 6.78. The van der Waals surface area contributed by atoms with E-state index in [0.29, 0.717) is 17.3 Å². The summed E-state index contributed by atoms with van der Waals surface area (Å²) >= 11 is 0. The first kappa shape index (κ1) is 24.6. The number of ether oxygens (including phenoxy) is 2. The van der Waals surface area contributed by atoms with Gasteiger partial charge in [-0.1, -0.05) is 26.0 Å². The topological polar surface area (TPSA) is 124 Å². The van der Waals surface area contributed by atoms with Crippen molar-refractivity contribution in [2.45, 2.75) is 26.3 Å². The Kier molecular flexibility index (Phi) is 7.72. The molecule has 0 bridgehead atoms. The van der Waals surface area contributed by atoms with E-state index < -0.39 is 23.8 Å². The lowest BCUT2D eigenvalue weighted by atomic mass is 10.0. The fraction of sp³-hybridized carbons (Fsp3) is 0.333. The fourth-order valence-corrected chi connectivity index (χ4v) is 3.45. The molecule has 2 aromatic carbocycles. The normalized spacial score (nSPS) is 11.7. The predicted molar refractivity (Wildman–Crippen MR) is 126 cm³/mol. The molecule has 1 atom stereocenters. The van der Waals surface area contributed by atoms with Gasteiger partial charge in [0, 0.05) is 18.7 Å². The van der Waals surface area contributed by atoms with Crippen LogP contribution >= 0.6 is 0 Å². The highest BCUT2D eigenvalue weighted by molar-refractivity contribution is 5.98. The van der Waals surface area contributed by atoms with E-state index in [1.165, 1.54) is 14.2 Å². The molecule has 0 aliphatic rings. The van der Waals surface area contributed by atoms with Crippen LogP contribution in [0.4, 0.5) is 0 Å². The van der Waals surface area contributed by atoms with Crippen molar-refractivity contribution in [1.82, 2.24) is 25.7 Å². The molecule has 1 aromatic heterocycles. The van der Waals surface area contributed by atoms with E-state index in [1.807, 2.05) is 35.9 Å². The van der Waals surface area contributed by atoms with Crippen molar-refractivity contribution in [2.75, 3.05) is 14.2 Å². The highest BCUT2D eigenvalue weighted by atomic mass is 16.5. The molecule has 1 unspecified atom stereocenters. The average Bonchev–Trinajstić information content (AvgIpc) is 3.15. The Morgan fingerprint density at radius 1 is 1.00 bits per heavy atom. The van der Waals surface area contributed by atoms with Crippen LogP contribution in [0.3, 0.4) is 0 Å². The molecule has 3 N–H and O–H groups in total. The van der Waals surface area contributed by atoms with Gasteiger partial charge in [-0.05, 0) is 30.2 Å². The Balaban J connectivity index is 1.62. The number of aryl methyl sites for hydroxylation is 1. The lowest BCUT2D eigenvalue weighted by Crippen LogP contribution is -2.54. The van der Waals surface area contributed by atoms with Gasteiger partial charge < -0.3 is 19.4 Å². The van der Waals surface area contributed by atoms with Gasteiger partial charge in [-0.3, -0.25) is 25.2 Å². The molecule has 0 aliphatic carbocycles. The standard InChI is InChI=1S/C24H29N5O5/c1-14(2)22(26-23(31)15-10-16(33-4)12-17(11-15)34-5)24(32)28-27-21(30)13-20-25-18-8-6-7-9-19(18)29(20)3/h6-12,14,22H,13H2,1-5H3,(H,26,31)(H,27,30)(H,28,32). The molecule has 0 saturated carbocycles. The lowest BCUT2D eigenvalue weighted by Gasteiger charge is -2.22. The smallest absolute Gasteiger partial charge is 0.261 e. The molecular weight excluding hydrogens is 438 g/mol. The summed E-state index contributed by atoms with van der Waals surface area (Å²) in [4.78, 5) is 42.4. The maximum Gasteiger partial charge on any atom is 0.261 e. The van der Waals surface area contributed by atoms with E-state index in [1.54, 1.807) is 32.0 Å². The van der Waals surface area contributed by atoms with Gasteiger partial charge in [0.25, 0.3) is 11.8 Å². The SMILES string of the molecule is COc1cc(OC)cc(C(=O)NC(C(=O)NNC(=O)Cc2nc3ccccc3n2C)C(C)C)c1. The molecule has 34 heavy (non-hydrogen) atoms. The Hall–Kier alpha value is -4.08.